The minimum absolute atomic E-state index is 0.169. The van der Waals surface area contributed by atoms with E-state index < -0.39 is 38.2 Å². The molecule has 0 amide bonds. The topological polar surface area (TPSA) is 102 Å². The van der Waals surface area contributed by atoms with Crippen molar-refractivity contribution in [1.29, 1.82) is 0 Å². The fourth-order valence-electron chi connectivity index (χ4n) is 5.03. The summed E-state index contributed by atoms with van der Waals surface area (Å²) in [5.74, 6) is -0.653. The zero-order chi connectivity index (χ0) is 27.9. The molecule has 2 aromatic carbocycles. The average molecular weight is 548 g/mol. The van der Waals surface area contributed by atoms with Gasteiger partial charge in [-0.05, 0) is 73.9 Å². The molecular weight excluding hydrogens is 517 g/mol. The van der Waals surface area contributed by atoms with Gasteiger partial charge in [0.1, 0.15) is 5.82 Å². The number of aromatic hydroxyl groups is 1. The third kappa shape index (κ3) is 5.11. The Morgan fingerprint density at radius 2 is 1.82 bits per heavy atom. The molecular formula is C30H30FN3O4S. The smallest absolute Gasteiger partial charge is 0.277 e. The van der Waals surface area contributed by atoms with E-state index in [-0.39, 0.29) is 4.90 Å². The molecule has 0 bridgehead atoms. The van der Waals surface area contributed by atoms with Crippen molar-refractivity contribution in [3.05, 3.63) is 99.6 Å². The highest BCUT2D eigenvalue weighted by Crippen LogP contribution is 2.35. The second-order valence-corrected chi connectivity index (χ2v) is 12.0. The summed E-state index contributed by atoms with van der Waals surface area (Å²) >= 11 is 0. The first kappa shape index (κ1) is 26.7. The third-order valence-electron chi connectivity index (χ3n) is 7.31. The van der Waals surface area contributed by atoms with Gasteiger partial charge in [0.2, 0.25) is 21.7 Å². The molecule has 0 spiro atoms. The summed E-state index contributed by atoms with van der Waals surface area (Å²) in [6, 6.07) is 14.7. The molecule has 1 N–H and O–H groups in total. The summed E-state index contributed by atoms with van der Waals surface area (Å²) < 4.78 is 42.9. The van der Waals surface area contributed by atoms with E-state index in [9.17, 15) is 22.7 Å². The quantitative estimate of drug-likeness (QED) is 0.290. The van der Waals surface area contributed by atoms with Crippen molar-refractivity contribution in [2.75, 3.05) is 0 Å². The summed E-state index contributed by atoms with van der Waals surface area (Å²) in [5, 5.41) is 10.8. The van der Waals surface area contributed by atoms with Crippen molar-refractivity contribution in [1.82, 2.24) is 14.5 Å². The van der Waals surface area contributed by atoms with E-state index in [4.69, 9.17) is 0 Å². The predicted octanol–water partition coefficient (Wildman–Crippen LogP) is 5.55. The molecule has 1 atom stereocenters. The van der Waals surface area contributed by atoms with E-state index in [1.165, 1.54) is 22.9 Å². The Bertz CT molecular complexity index is 1710. The number of aryl methyl sites for hydroxylation is 1. The highest BCUT2D eigenvalue weighted by Gasteiger charge is 2.33. The van der Waals surface area contributed by atoms with Crippen LogP contribution in [0.25, 0.3) is 11.1 Å². The zero-order valence-electron chi connectivity index (χ0n) is 22.1. The average Bonchev–Trinajstić information content (AvgIpc) is 3.72. The molecule has 0 saturated heterocycles. The van der Waals surface area contributed by atoms with E-state index >= 15 is 0 Å². The van der Waals surface area contributed by atoms with Gasteiger partial charge >= 0.3 is 0 Å². The standard InChI is InChI=1S/C30H30FN3O4S/c1-4-25(22-7-5-6-18(2)16-22)34-26(17-20-8-9-20)33-29(35)27(30(34)36)39(37,38)23-12-10-21(11-13-23)24-14-15-32-28(31)19(24)3/h5-7,10-16,20,25,35H,4,8-9,17H2,1-3H3/t25-/m0/s1. The molecule has 4 aromatic rings. The molecule has 39 heavy (non-hydrogen) atoms. The molecule has 2 aromatic heterocycles. The Kier molecular flexibility index (Phi) is 7.11. The molecule has 0 unspecified atom stereocenters. The minimum atomic E-state index is -4.43. The van der Waals surface area contributed by atoms with Gasteiger partial charge in [-0.3, -0.25) is 9.36 Å². The summed E-state index contributed by atoms with van der Waals surface area (Å²) in [6.45, 7) is 5.49. The van der Waals surface area contributed by atoms with Gasteiger partial charge < -0.3 is 5.11 Å². The van der Waals surface area contributed by atoms with Gasteiger partial charge in [0, 0.05) is 18.2 Å². The molecule has 9 heteroatoms. The van der Waals surface area contributed by atoms with Gasteiger partial charge in [0.05, 0.1) is 10.9 Å². The van der Waals surface area contributed by atoms with Gasteiger partial charge in [-0.25, -0.2) is 13.4 Å². The van der Waals surface area contributed by atoms with Crippen LogP contribution in [0.4, 0.5) is 4.39 Å². The highest BCUT2D eigenvalue weighted by atomic mass is 32.2. The van der Waals surface area contributed by atoms with E-state index in [0.717, 1.165) is 24.0 Å². The van der Waals surface area contributed by atoms with Crippen LogP contribution < -0.4 is 5.56 Å². The Balaban J connectivity index is 1.64. The van der Waals surface area contributed by atoms with Crippen molar-refractivity contribution in [3.8, 4) is 17.0 Å². The van der Waals surface area contributed by atoms with Gasteiger partial charge in [-0.2, -0.15) is 9.37 Å². The van der Waals surface area contributed by atoms with Crippen molar-refractivity contribution < 1.29 is 17.9 Å². The third-order valence-corrected chi connectivity index (χ3v) is 9.10. The fraction of sp³-hybridized carbons (Fsp3) is 0.300. The van der Waals surface area contributed by atoms with E-state index in [1.807, 2.05) is 38.1 Å². The summed E-state index contributed by atoms with van der Waals surface area (Å²) in [5.41, 5.74) is 2.61. The summed E-state index contributed by atoms with van der Waals surface area (Å²) in [6.07, 6.45) is 4.37. The normalized spacial score (nSPS) is 14.4. The van der Waals surface area contributed by atoms with Crippen molar-refractivity contribution in [3.63, 3.8) is 0 Å². The molecule has 5 rings (SSSR count). The fourth-order valence-corrected chi connectivity index (χ4v) is 6.37. The van der Waals surface area contributed by atoms with Gasteiger partial charge in [-0.1, -0.05) is 48.9 Å². The Morgan fingerprint density at radius 3 is 2.46 bits per heavy atom. The first-order valence-corrected chi connectivity index (χ1v) is 14.5. The predicted molar refractivity (Wildman–Crippen MR) is 146 cm³/mol. The first-order valence-electron chi connectivity index (χ1n) is 13.0. The van der Waals surface area contributed by atoms with Crippen LogP contribution in [0.3, 0.4) is 0 Å². The number of aromatic nitrogens is 3. The highest BCUT2D eigenvalue weighted by molar-refractivity contribution is 7.91. The number of hydrogen-bond donors (Lipinski definition) is 1. The molecule has 0 radical (unpaired) electrons. The van der Waals surface area contributed by atoms with Crippen molar-refractivity contribution >= 4 is 9.84 Å². The lowest BCUT2D eigenvalue weighted by molar-refractivity contribution is 0.406. The maximum atomic E-state index is 14.0. The van der Waals surface area contributed by atoms with E-state index in [2.05, 4.69) is 9.97 Å². The van der Waals surface area contributed by atoms with Crippen LogP contribution in [0.5, 0.6) is 5.88 Å². The lowest BCUT2D eigenvalue weighted by Gasteiger charge is -2.23. The zero-order valence-corrected chi connectivity index (χ0v) is 22.9. The Labute approximate surface area is 226 Å². The number of nitrogens with zero attached hydrogens (tertiary/aromatic N) is 3. The first-order chi connectivity index (χ1) is 18.6. The largest absolute Gasteiger partial charge is 0.492 e. The van der Waals surface area contributed by atoms with Crippen LogP contribution in [0.2, 0.25) is 0 Å². The lowest BCUT2D eigenvalue weighted by atomic mass is 10.0. The summed E-state index contributed by atoms with van der Waals surface area (Å²) in [4.78, 5) is 21.0. The van der Waals surface area contributed by atoms with Crippen LogP contribution in [0.1, 0.15) is 54.7 Å². The second kappa shape index (κ2) is 10.4. The number of halogens is 1. The van der Waals surface area contributed by atoms with Gasteiger partial charge in [0.15, 0.2) is 4.90 Å². The molecule has 1 aliphatic carbocycles. The second-order valence-electron chi connectivity index (χ2n) is 10.1. The van der Waals surface area contributed by atoms with E-state index in [1.54, 1.807) is 25.1 Å². The molecule has 1 aliphatic rings. The number of rotatable bonds is 8. The molecule has 2 heterocycles. The van der Waals surface area contributed by atoms with Crippen LogP contribution in [0, 0.1) is 25.7 Å². The molecule has 0 aliphatic heterocycles. The SMILES string of the molecule is CC[C@@H](c1cccc(C)c1)n1c(CC2CC2)nc(O)c(S(=O)(=O)c2ccc(-c3ccnc(F)c3C)cc2)c1=O. The molecule has 7 nitrogen and oxygen atoms in total. The van der Waals surface area contributed by atoms with Crippen molar-refractivity contribution in [2.45, 2.75) is 62.3 Å². The van der Waals surface area contributed by atoms with Crippen molar-refractivity contribution in [2.24, 2.45) is 5.92 Å². The maximum absolute atomic E-state index is 14.0. The molecule has 202 valence electrons. The molecule has 1 fully saturated rings. The van der Waals surface area contributed by atoms with Crippen LogP contribution >= 0.6 is 0 Å². The van der Waals surface area contributed by atoms with Crippen LogP contribution in [-0.4, -0.2) is 28.1 Å². The van der Waals surface area contributed by atoms with Gasteiger partial charge in [0.25, 0.3) is 5.56 Å². The van der Waals surface area contributed by atoms with Crippen LogP contribution in [-0.2, 0) is 16.3 Å². The number of benzene rings is 2. The van der Waals surface area contributed by atoms with E-state index in [0.29, 0.717) is 41.3 Å². The summed E-state index contributed by atoms with van der Waals surface area (Å²) in [7, 11) is -4.43. The van der Waals surface area contributed by atoms with Gasteiger partial charge in [-0.15, -0.1) is 0 Å². The Hall–Kier alpha value is -3.85. The number of pyridine rings is 1. The number of sulfone groups is 1. The number of hydrogen-bond acceptors (Lipinski definition) is 6. The Morgan fingerprint density at radius 1 is 1.10 bits per heavy atom. The van der Waals surface area contributed by atoms with Crippen LogP contribution in [0.15, 0.2) is 75.4 Å². The molecule has 1 saturated carbocycles. The maximum Gasteiger partial charge on any atom is 0.277 e. The minimum Gasteiger partial charge on any atom is -0.492 e. The monoisotopic (exact) mass is 547 g/mol. The lowest BCUT2D eigenvalue weighted by Crippen LogP contribution is -2.33.